The van der Waals surface area contributed by atoms with Crippen molar-refractivity contribution in [1.82, 2.24) is 5.32 Å². The van der Waals surface area contributed by atoms with Gasteiger partial charge in [0.1, 0.15) is 6.10 Å². The minimum atomic E-state index is -1.02. The van der Waals surface area contributed by atoms with Crippen LogP contribution in [0.3, 0.4) is 0 Å². The summed E-state index contributed by atoms with van der Waals surface area (Å²) in [5.41, 5.74) is 2.42. The Labute approximate surface area is 185 Å². The van der Waals surface area contributed by atoms with Crippen LogP contribution >= 0.6 is 11.6 Å². The summed E-state index contributed by atoms with van der Waals surface area (Å²) in [5.74, 6) is -1.02. The van der Waals surface area contributed by atoms with Crippen LogP contribution in [0.5, 0.6) is 0 Å². The molecule has 0 radical (unpaired) electrons. The highest BCUT2D eigenvalue weighted by Gasteiger charge is 2.21. The van der Waals surface area contributed by atoms with Crippen molar-refractivity contribution in [2.75, 3.05) is 51.5 Å². The zero-order chi connectivity index (χ0) is 22.2. The largest absolute Gasteiger partial charge is 0.478 e. The Bertz CT molecular complexity index is 917. The summed E-state index contributed by atoms with van der Waals surface area (Å²) in [7, 11) is 1.29. The first kappa shape index (κ1) is 22.9. The van der Waals surface area contributed by atoms with Crippen molar-refractivity contribution < 1.29 is 28.9 Å². The number of alkyl carbamates (subject to hydrolysis) is 1. The summed E-state index contributed by atoms with van der Waals surface area (Å²) in [6.45, 7) is 2.94. The number of anilines is 1. The highest BCUT2D eigenvalue weighted by molar-refractivity contribution is 6.30. The number of benzene rings is 2. The molecule has 1 aliphatic heterocycles. The van der Waals surface area contributed by atoms with Crippen molar-refractivity contribution in [3.8, 4) is 0 Å². The van der Waals surface area contributed by atoms with Crippen molar-refractivity contribution >= 4 is 29.4 Å². The molecule has 0 spiro atoms. The Balaban J connectivity index is 1.93. The molecule has 0 saturated carbocycles. The maximum Gasteiger partial charge on any atom is 0.406 e. The van der Waals surface area contributed by atoms with Crippen molar-refractivity contribution in [2.45, 2.75) is 6.10 Å². The first-order valence-corrected chi connectivity index (χ1v) is 10.3. The molecule has 1 fully saturated rings. The lowest BCUT2D eigenvalue weighted by Crippen LogP contribution is -2.36. The molecule has 2 aromatic rings. The van der Waals surface area contributed by atoms with Gasteiger partial charge in [0.05, 0.1) is 32.5 Å². The third-order valence-corrected chi connectivity index (χ3v) is 5.09. The first-order valence-electron chi connectivity index (χ1n) is 9.88. The average Bonchev–Trinajstić information content (AvgIpc) is 2.79. The van der Waals surface area contributed by atoms with Gasteiger partial charge >= 0.3 is 12.1 Å². The maximum absolute atomic E-state index is 11.8. The van der Waals surface area contributed by atoms with Crippen LogP contribution in [0.1, 0.15) is 27.6 Å². The fourth-order valence-electron chi connectivity index (χ4n) is 3.37. The maximum atomic E-state index is 11.8. The van der Waals surface area contributed by atoms with Crippen LogP contribution < -0.4 is 10.2 Å². The van der Waals surface area contributed by atoms with Crippen LogP contribution in [0.2, 0.25) is 5.02 Å². The lowest BCUT2D eigenvalue weighted by Gasteiger charge is -2.30. The number of amides is 1. The Morgan fingerprint density at radius 2 is 1.97 bits per heavy atom. The summed E-state index contributed by atoms with van der Waals surface area (Å²) in [4.78, 5) is 25.2. The van der Waals surface area contributed by atoms with Gasteiger partial charge in [0.15, 0.2) is 0 Å². The molecule has 0 aromatic heterocycles. The third-order valence-electron chi connectivity index (χ3n) is 4.86. The average molecular weight is 449 g/mol. The highest BCUT2D eigenvalue weighted by atomic mass is 35.5. The number of halogens is 1. The predicted molar refractivity (Wildman–Crippen MR) is 116 cm³/mol. The Kier molecular flexibility index (Phi) is 8.11. The van der Waals surface area contributed by atoms with E-state index < -0.39 is 18.2 Å². The van der Waals surface area contributed by atoms with E-state index >= 15 is 0 Å². The number of methoxy groups -OCH3 is 1. The van der Waals surface area contributed by atoms with Gasteiger partial charge in [-0.15, -0.1) is 0 Å². The SMILES string of the molecule is COC(=O)NCCOC(c1cccc(Cl)c1)c1cc(C(=O)O)cc(N2CCOCC2)c1. The molecule has 2 aromatic carbocycles. The summed E-state index contributed by atoms with van der Waals surface area (Å²) >= 11 is 6.19. The van der Waals surface area contributed by atoms with E-state index in [0.717, 1.165) is 11.3 Å². The summed E-state index contributed by atoms with van der Waals surface area (Å²) in [6, 6.07) is 12.4. The van der Waals surface area contributed by atoms with E-state index in [1.807, 2.05) is 18.2 Å². The minimum absolute atomic E-state index is 0.169. The van der Waals surface area contributed by atoms with Gasteiger partial charge in [-0.2, -0.15) is 0 Å². The summed E-state index contributed by atoms with van der Waals surface area (Å²) in [6.07, 6.45) is -1.12. The number of carbonyl (C=O) groups excluding carboxylic acids is 1. The van der Waals surface area contributed by atoms with Crippen molar-refractivity contribution in [2.24, 2.45) is 0 Å². The number of rotatable bonds is 8. The lowest BCUT2D eigenvalue weighted by atomic mass is 9.98. The zero-order valence-electron chi connectivity index (χ0n) is 17.2. The summed E-state index contributed by atoms with van der Waals surface area (Å²) < 4.78 is 16.1. The topological polar surface area (TPSA) is 97.3 Å². The molecule has 1 atom stereocenters. The number of ether oxygens (including phenoxy) is 3. The number of morpholine rings is 1. The van der Waals surface area contributed by atoms with E-state index in [2.05, 4.69) is 15.0 Å². The molecule has 9 heteroatoms. The molecule has 0 aliphatic carbocycles. The molecular weight excluding hydrogens is 424 g/mol. The van der Waals surface area contributed by atoms with Gasteiger partial charge in [-0.3, -0.25) is 0 Å². The number of carboxylic acid groups (broad SMARTS) is 1. The number of carboxylic acids is 1. The van der Waals surface area contributed by atoms with Gasteiger partial charge in [0.25, 0.3) is 0 Å². The second-order valence-electron chi connectivity index (χ2n) is 6.94. The fourth-order valence-corrected chi connectivity index (χ4v) is 3.57. The van der Waals surface area contributed by atoms with E-state index in [4.69, 9.17) is 21.1 Å². The van der Waals surface area contributed by atoms with Crippen LogP contribution in [0.4, 0.5) is 10.5 Å². The van der Waals surface area contributed by atoms with E-state index in [0.29, 0.717) is 36.9 Å². The Morgan fingerprint density at radius 1 is 1.19 bits per heavy atom. The molecule has 1 amide bonds. The monoisotopic (exact) mass is 448 g/mol. The molecule has 2 N–H and O–H groups in total. The second-order valence-corrected chi connectivity index (χ2v) is 7.38. The van der Waals surface area contributed by atoms with Crippen LogP contribution in [0.25, 0.3) is 0 Å². The molecule has 1 heterocycles. The molecule has 1 aliphatic rings. The second kappa shape index (κ2) is 11.0. The number of hydrogen-bond acceptors (Lipinski definition) is 6. The summed E-state index contributed by atoms with van der Waals surface area (Å²) in [5, 5.41) is 12.8. The quantitative estimate of drug-likeness (QED) is 0.598. The normalized spacial score (nSPS) is 14.7. The third kappa shape index (κ3) is 6.33. The van der Waals surface area contributed by atoms with E-state index in [-0.39, 0.29) is 18.7 Å². The Hall–Kier alpha value is -2.81. The van der Waals surface area contributed by atoms with Gasteiger partial charge in [-0.1, -0.05) is 23.7 Å². The molecule has 1 saturated heterocycles. The molecule has 166 valence electrons. The van der Waals surface area contributed by atoms with Crippen molar-refractivity contribution in [3.05, 3.63) is 64.2 Å². The highest BCUT2D eigenvalue weighted by Crippen LogP contribution is 2.32. The number of hydrogen-bond donors (Lipinski definition) is 2. The molecular formula is C22H25ClN2O6. The number of aromatic carboxylic acids is 1. The smallest absolute Gasteiger partial charge is 0.406 e. The Morgan fingerprint density at radius 3 is 2.65 bits per heavy atom. The van der Waals surface area contributed by atoms with Gasteiger partial charge in [-0.05, 0) is 41.5 Å². The number of nitrogens with zero attached hydrogens (tertiary/aromatic N) is 1. The van der Waals surface area contributed by atoms with Crippen LogP contribution in [0.15, 0.2) is 42.5 Å². The van der Waals surface area contributed by atoms with Crippen LogP contribution in [-0.2, 0) is 14.2 Å². The minimum Gasteiger partial charge on any atom is -0.478 e. The number of nitrogens with one attached hydrogen (secondary N) is 1. The predicted octanol–water partition coefficient (Wildman–Crippen LogP) is 3.34. The van der Waals surface area contributed by atoms with E-state index in [1.54, 1.807) is 24.3 Å². The van der Waals surface area contributed by atoms with Gasteiger partial charge in [0, 0.05) is 30.3 Å². The van der Waals surface area contributed by atoms with Crippen LogP contribution in [-0.4, -0.2) is 63.7 Å². The lowest BCUT2D eigenvalue weighted by molar-refractivity contribution is 0.0693. The van der Waals surface area contributed by atoms with E-state index in [1.165, 1.54) is 7.11 Å². The molecule has 8 nitrogen and oxygen atoms in total. The van der Waals surface area contributed by atoms with Gasteiger partial charge in [-0.25, -0.2) is 9.59 Å². The fraction of sp³-hybridized carbons (Fsp3) is 0.364. The molecule has 0 bridgehead atoms. The van der Waals surface area contributed by atoms with Crippen molar-refractivity contribution in [1.29, 1.82) is 0 Å². The standard InChI is InChI=1S/C22H25ClN2O6/c1-29-22(28)24-5-8-31-20(15-3-2-4-18(23)12-15)16-11-17(21(26)27)14-19(13-16)25-6-9-30-10-7-25/h2-4,11-14,20H,5-10H2,1H3,(H,24,28)(H,26,27). The molecule has 1 unspecified atom stereocenters. The van der Waals surface area contributed by atoms with Crippen LogP contribution in [0, 0.1) is 0 Å². The molecule has 31 heavy (non-hydrogen) atoms. The number of carbonyl (C=O) groups is 2. The first-order chi connectivity index (χ1) is 15.0. The zero-order valence-corrected chi connectivity index (χ0v) is 17.9. The molecule has 3 rings (SSSR count). The van der Waals surface area contributed by atoms with Crippen molar-refractivity contribution in [3.63, 3.8) is 0 Å². The van der Waals surface area contributed by atoms with Gasteiger partial charge in [0.2, 0.25) is 0 Å². The van der Waals surface area contributed by atoms with E-state index in [9.17, 15) is 14.7 Å². The van der Waals surface area contributed by atoms with Gasteiger partial charge < -0.3 is 29.5 Å².